The maximum Gasteiger partial charge on any atom is 0.338 e. The quantitative estimate of drug-likeness (QED) is 0.221. The van der Waals surface area contributed by atoms with E-state index < -0.39 is 44.9 Å². The summed E-state index contributed by atoms with van der Waals surface area (Å²) in [6.07, 6.45) is -4.85. The maximum absolute atomic E-state index is 13.2. The number of carbonyl (C=O) groups is 2. The molecule has 0 aromatic heterocycles. The zero-order valence-electron chi connectivity index (χ0n) is 24.5. The Hall–Kier alpha value is -4.08. The van der Waals surface area contributed by atoms with Gasteiger partial charge in [0.25, 0.3) is 8.32 Å². The summed E-state index contributed by atoms with van der Waals surface area (Å²) in [6, 6.07) is 37.2. The molecular formula is C35H36O7Si. The fourth-order valence-electron chi connectivity index (χ4n) is 5.61. The van der Waals surface area contributed by atoms with Crippen molar-refractivity contribution in [1.82, 2.24) is 0 Å². The van der Waals surface area contributed by atoms with Crippen molar-refractivity contribution in [1.29, 1.82) is 0 Å². The lowest BCUT2D eigenvalue weighted by molar-refractivity contribution is -0.134. The second kappa shape index (κ2) is 13.1. The van der Waals surface area contributed by atoms with E-state index >= 15 is 0 Å². The van der Waals surface area contributed by atoms with Gasteiger partial charge in [-0.05, 0) is 39.7 Å². The van der Waals surface area contributed by atoms with E-state index in [0.717, 1.165) is 10.4 Å². The maximum atomic E-state index is 13.2. The van der Waals surface area contributed by atoms with Crippen LogP contribution < -0.4 is 10.4 Å². The van der Waals surface area contributed by atoms with Gasteiger partial charge in [0.15, 0.2) is 18.5 Å². The summed E-state index contributed by atoms with van der Waals surface area (Å²) in [6.45, 7) is 6.44. The van der Waals surface area contributed by atoms with Crippen LogP contribution >= 0.6 is 0 Å². The van der Waals surface area contributed by atoms with Crippen molar-refractivity contribution in [3.8, 4) is 0 Å². The number of hydrogen-bond acceptors (Lipinski definition) is 7. The second-order valence-electron chi connectivity index (χ2n) is 11.5. The van der Waals surface area contributed by atoms with Gasteiger partial charge in [-0.1, -0.05) is 118 Å². The van der Waals surface area contributed by atoms with Crippen molar-refractivity contribution in [2.45, 2.75) is 50.4 Å². The molecule has 4 aromatic carbocycles. The molecule has 1 saturated heterocycles. The SMILES string of the molecule is CC(C)(C)[Si](OC[C@H]1OC(O)[C@H](OC(=O)c2ccccc2)[C@@H]1OC(=O)c1ccccc1)(c1ccccc1)c1ccccc1. The minimum absolute atomic E-state index is 0.0174. The highest BCUT2D eigenvalue weighted by Crippen LogP contribution is 2.38. The van der Waals surface area contributed by atoms with Crippen molar-refractivity contribution >= 4 is 30.6 Å². The van der Waals surface area contributed by atoms with E-state index in [-0.39, 0.29) is 11.6 Å². The molecule has 0 aliphatic carbocycles. The summed E-state index contributed by atoms with van der Waals surface area (Å²) in [5, 5.41) is 12.8. The van der Waals surface area contributed by atoms with E-state index in [1.165, 1.54) is 0 Å². The van der Waals surface area contributed by atoms with E-state index in [1.807, 2.05) is 36.4 Å². The number of aliphatic hydroxyl groups is 1. The molecule has 4 aromatic rings. The normalized spacial score (nSPS) is 20.4. The first-order valence-corrected chi connectivity index (χ1v) is 16.2. The van der Waals surface area contributed by atoms with E-state index in [0.29, 0.717) is 11.1 Å². The molecule has 0 saturated carbocycles. The Morgan fingerprint density at radius 2 is 1.07 bits per heavy atom. The third kappa shape index (κ3) is 6.47. The van der Waals surface area contributed by atoms with Gasteiger partial charge in [-0.15, -0.1) is 0 Å². The molecule has 0 amide bonds. The van der Waals surface area contributed by atoms with Crippen LogP contribution in [0.5, 0.6) is 0 Å². The molecule has 1 N–H and O–H groups in total. The molecule has 7 nitrogen and oxygen atoms in total. The fraction of sp³-hybridized carbons (Fsp3) is 0.257. The van der Waals surface area contributed by atoms with Crippen LogP contribution in [0.15, 0.2) is 121 Å². The van der Waals surface area contributed by atoms with Crippen LogP contribution in [-0.2, 0) is 18.6 Å². The van der Waals surface area contributed by atoms with Gasteiger partial charge in [-0.25, -0.2) is 9.59 Å². The molecule has 43 heavy (non-hydrogen) atoms. The Balaban J connectivity index is 1.48. The fourth-order valence-corrected chi connectivity index (χ4v) is 10.2. The molecule has 0 spiro atoms. The first-order chi connectivity index (χ1) is 20.7. The molecule has 5 rings (SSSR count). The van der Waals surface area contributed by atoms with E-state index in [9.17, 15) is 14.7 Å². The summed E-state index contributed by atoms with van der Waals surface area (Å²) in [7, 11) is -2.99. The van der Waals surface area contributed by atoms with Crippen molar-refractivity contribution < 1.29 is 33.3 Å². The van der Waals surface area contributed by atoms with Crippen LogP contribution in [-0.4, -0.2) is 56.6 Å². The van der Waals surface area contributed by atoms with Gasteiger partial charge in [0.05, 0.1) is 17.7 Å². The molecule has 222 valence electrons. The van der Waals surface area contributed by atoms with E-state index in [2.05, 4.69) is 45.0 Å². The average Bonchev–Trinajstić information content (AvgIpc) is 3.31. The van der Waals surface area contributed by atoms with Crippen molar-refractivity contribution in [3.63, 3.8) is 0 Å². The smallest absolute Gasteiger partial charge is 0.338 e. The monoisotopic (exact) mass is 596 g/mol. The highest BCUT2D eigenvalue weighted by molar-refractivity contribution is 6.99. The van der Waals surface area contributed by atoms with Crippen LogP contribution in [0.2, 0.25) is 5.04 Å². The van der Waals surface area contributed by atoms with Crippen LogP contribution in [0.25, 0.3) is 0 Å². The molecule has 0 radical (unpaired) electrons. The number of carbonyl (C=O) groups excluding carboxylic acids is 2. The first-order valence-electron chi connectivity index (χ1n) is 14.3. The standard InChI is InChI=1S/C35H36O7Si/c1-35(2,3)43(27-20-12-6-13-21-27,28-22-14-7-15-23-28)39-24-29-30(41-32(36)25-16-8-4-9-17-25)31(34(38)40-29)42-33(37)26-18-10-5-11-19-26/h4-23,29-31,34,38H,24H2,1-3H3/t29-,30-,31-,34?/m1/s1. The molecule has 0 bridgehead atoms. The zero-order chi connectivity index (χ0) is 30.5. The number of benzene rings is 4. The molecule has 1 aliphatic rings. The molecular weight excluding hydrogens is 560 g/mol. The summed E-state index contributed by atoms with van der Waals surface area (Å²) in [5.74, 6) is -1.29. The minimum Gasteiger partial charge on any atom is -0.452 e. The first kappa shape index (κ1) is 30.4. The number of esters is 2. The van der Waals surface area contributed by atoms with E-state index in [4.69, 9.17) is 18.6 Å². The largest absolute Gasteiger partial charge is 0.452 e. The summed E-state index contributed by atoms with van der Waals surface area (Å²) >= 11 is 0. The van der Waals surface area contributed by atoms with Crippen LogP contribution in [0.1, 0.15) is 41.5 Å². The number of aliphatic hydroxyl groups excluding tert-OH is 1. The molecule has 4 atom stereocenters. The van der Waals surface area contributed by atoms with Crippen molar-refractivity contribution in [2.75, 3.05) is 6.61 Å². The zero-order valence-corrected chi connectivity index (χ0v) is 25.5. The van der Waals surface area contributed by atoms with Gasteiger partial charge in [-0.2, -0.15) is 0 Å². The molecule has 8 heteroatoms. The van der Waals surface area contributed by atoms with Gasteiger partial charge < -0.3 is 23.7 Å². The van der Waals surface area contributed by atoms with Gasteiger partial charge in [0.2, 0.25) is 0 Å². The van der Waals surface area contributed by atoms with Gasteiger partial charge in [0.1, 0.15) is 6.10 Å². The van der Waals surface area contributed by atoms with Gasteiger partial charge in [0, 0.05) is 0 Å². The summed E-state index contributed by atoms with van der Waals surface area (Å²) in [4.78, 5) is 26.2. The van der Waals surface area contributed by atoms with Crippen molar-refractivity contribution in [3.05, 3.63) is 132 Å². The third-order valence-electron chi connectivity index (χ3n) is 7.67. The van der Waals surface area contributed by atoms with Crippen LogP contribution in [0, 0.1) is 0 Å². The van der Waals surface area contributed by atoms with Crippen LogP contribution in [0.4, 0.5) is 0 Å². The van der Waals surface area contributed by atoms with Crippen molar-refractivity contribution in [2.24, 2.45) is 0 Å². The topological polar surface area (TPSA) is 91.3 Å². The number of ether oxygens (including phenoxy) is 3. The Morgan fingerprint density at radius 3 is 1.49 bits per heavy atom. The van der Waals surface area contributed by atoms with Crippen LogP contribution in [0.3, 0.4) is 0 Å². The lowest BCUT2D eigenvalue weighted by Crippen LogP contribution is -2.67. The highest BCUT2D eigenvalue weighted by atomic mass is 28.4. The lowest BCUT2D eigenvalue weighted by atomic mass is 10.1. The third-order valence-corrected chi connectivity index (χ3v) is 12.7. The number of hydrogen-bond donors (Lipinski definition) is 1. The Labute approximate surface area is 253 Å². The molecule has 1 aliphatic heterocycles. The Morgan fingerprint density at radius 1 is 0.674 bits per heavy atom. The lowest BCUT2D eigenvalue weighted by Gasteiger charge is -2.43. The molecule has 1 heterocycles. The molecule has 1 fully saturated rings. The van der Waals surface area contributed by atoms with Gasteiger partial charge >= 0.3 is 11.9 Å². The van der Waals surface area contributed by atoms with E-state index in [1.54, 1.807) is 60.7 Å². The molecule has 1 unspecified atom stereocenters. The summed E-state index contributed by atoms with van der Waals surface area (Å²) < 4.78 is 24.6. The van der Waals surface area contributed by atoms with Gasteiger partial charge in [-0.3, -0.25) is 0 Å². The highest BCUT2D eigenvalue weighted by Gasteiger charge is 2.54. The Kier molecular flexibility index (Phi) is 9.22. The minimum atomic E-state index is -2.99. The Bertz CT molecular complexity index is 1450. The second-order valence-corrected chi connectivity index (χ2v) is 15.8. The predicted octanol–water partition coefficient (Wildman–Crippen LogP) is 4.73. The number of rotatable bonds is 9. The summed E-state index contributed by atoms with van der Waals surface area (Å²) in [5.41, 5.74) is 0.624. The average molecular weight is 597 g/mol. The predicted molar refractivity (Wildman–Crippen MR) is 166 cm³/mol.